The van der Waals surface area contributed by atoms with Gasteiger partial charge in [0.1, 0.15) is 0 Å². The van der Waals surface area contributed by atoms with E-state index in [2.05, 4.69) is 23.8 Å². The number of halogens is 1. The van der Waals surface area contributed by atoms with Gasteiger partial charge in [-0.3, -0.25) is 0 Å². The zero-order valence-electron chi connectivity index (χ0n) is 9.37. The van der Waals surface area contributed by atoms with E-state index in [0.29, 0.717) is 17.5 Å². The van der Waals surface area contributed by atoms with Crippen LogP contribution < -0.4 is 10.6 Å². The molecule has 1 aromatic heterocycles. The molecule has 0 fully saturated rings. The Morgan fingerprint density at radius 2 is 2.27 bits per heavy atom. The average molecular weight is 229 g/mol. The van der Waals surface area contributed by atoms with E-state index in [1.165, 1.54) is 0 Å². The summed E-state index contributed by atoms with van der Waals surface area (Å²) in [5.41, 5.74) is 6.36. The Kier molecular flexibility index (Phi) is 4.15. The average Bonchev–Trinajstić information content (AvgIpc) is 2.21. The van der Waals surface area contributed by atoms with Gasteiger partial charge in [-0.25, -0.2) is 4.98 Å². The first-order chi connectivity index (χ1) is 7.06. The lowest BCUT2D eigenvalue weighted by atomic mass is 10.2. The third-order valence-electron chi connectivity index (χ3n) is 2.47. The van der Waals surface area contributed by atoms with Crippen LogP contribution in [0.2, 0.25) is 5.28 Å². The Morgan fingerprint density at radius 1 is 1.60 bits per heavy atom. The molecule has 0 spiro atoms. The fourth-order valence-electron chi connectivity index (χ4n) is 1.46. The van der Waals surface area contributed by atoms with Gasteiger partial charge in [0.05, 0.1) is 11.9 Å². The molecule has 5 heteroatoms. The standard InChI is InChI=1S/C10H17ClN4/c1-4-5-7(2)15(3)9-8(12)6-13-10(11)14-9/h6-7H,4-5,12H2,1-3H3. The lowest BCUT2D eigenvalue weighted by molar-refractivity contribution is 0.611. The lowest BCUT2D eigenvalue weighted by Crippen LogP contribution is -2.30. The van der Waals surface area contributed by atoms with Gasteiger partial charge in [-0.1, -0.05) is 13.3 Å². The number of nitrogens with zero attached hydrogens (tertiary/aromatic N) is 3. The van der Waals surface area contributed by atoms with Crippen molar-refractivity contribution in [3.05, 3.63) is 11.5 Å². The molecule has 0 radical (unpaired) electrons. The highest BCUT2D eigenvalue weighted by Crippen LogP contribution is 2.22. The van der Waals surface area contributed by atoms with Gasteiger partial charge in [0.2, 0.25) is 5.28 Å². The van der Waals surface area contributed by atoms with Gasteiger partial charge in [0, 0.05) is 13.1 Å². The van der Waals surface area contributed by atoms with E-state index in [1.54, 1.807) is 6.20 Å². The molecule has 0 aliphatic carbocycles. The third-order valence-corrected chi connectivity index (χ3v) is 2.65. The molecular weight excluding hydrogens is 212 g/mol. The Hall–Kier alpha value is -1.03. The maximum Gasteiger partial charge on any atom is 0.224 e. The van der Waals surface area contributed by atoms with Gasteiger partial charge >= 0.3 is 0 Å². The quantitative estimate of drug-likeness (QED) is 0.804. The monoisotopic (exact) mass is 228 g/mol. The predicted molar refractivity (Wildman–Crippen MR) is 64.2 cm³/mol. The Labute approximate surface area is 95.5 Å². The van der Waals surface area contributed by atoms with Crippen molar-refractivity contribution in [1.29, 1.82) is 0 Å². The highest BCUT2D eigenvalue weighted by Gasteiger charge is 2.13. The summed E-state index contributed by atoms with van der Waals surface area (Å²) in [6.45, 7) is 4.29. The minimum Gasteiger partial charge on any atom is -0.394 e. The number of anilines is 2. The molecule has 1 heterocycles. The lowest BCUT2D eigenvalue weighted by Gasteiger charge is -2.26. The van der Waals surface area contributed by atoms with Crippen LogP contribution >= 0.6 is 11.6 Å². The van der Waals surface area contributed by atoms with Crippen LogP contribution in [-0.2, 0) is 0 Å². The maximum absolute atomic E-state index is 5.80. The van der Waals surface area contributed by atoms with Gasteiger partial charge in [-0.15, -0.1) is 0 Å². The SMILES string of the molecule is CCCC(C)N(C)c1nc(Cl)ncc1N. The van der Waals surface area contributed by atoms with Crippen LogP contribution in [0.1, 0.15) is 26.7 Å². The molecule has 0 amide bonds. The van der Waals surface area contributed by atoms with Crippen LogP contribution in [0.25, 0.3) is 0 Å². The molecule has 0 saturated heterocycles. The number of hydrogen-bond acceptors (Lipinski definition) is 4. The molecule has 0 bridgehead atoms. The minimum absolute atomic E-state index is 0.231. The summed E-state index contributed by atoms with van der Waals surface area (Å²) in [5.74, 6) is 0.705. The normalized spacial score (nSPS) is 12.5. The second kappa shape index (κ2) is 5.16. The maximum atomic E-state index is 5.80. The van der Waals surface area contributed by atoms with Crippen molar-refractivity contribution in [2.45, 2.75) is 32.7 Å². The van der Waals surface area contributed by atoms with Gasteiger partial charge < -0.3 is 10.6 Å². The van der Waals surface area contributed by atoms with E-state index >= 15 is 0 Å². The predicted octanol–water partition coefficient (Wildman–Crippen LogP) is 2.34. The molecule has 0 saturated carbocycles. The summed E-state index contributed by atoms with van der Waals surface area (Å²) >= 11 is 5.74. The molecule has 1 aromatic rings. The van der Waals surface area contributed by atoms with Crippen molar-refractivity contribution >= 4 is 23.1 Å². The van der Waals surface area contributed by atoms with E-state index in [1.807, 2.05) is 11.9 Å². The molecule has 2 N–H and O–H groups in total. The molecule has 15 heavy (non-hydrogen) atoms. The second-order valence-electron chi connectivity index (χ2n) is 3.67. The second-order valence-corrected chi connectivity index (χ2v) is 4.00. The molecular formula is C10H17ClN4. The minimum atomic E-state index is 0.231. The zero-order chi connectivity index (χ0) is 11.4. The molecule has 4 nitrogen and oxygen atoms in total. The van der Waals surface area contributed by atoms with Gasteiger partial charge in [-0.2, -0.15) is 4.98 Å². The van der Waals surface area contributed by atoms with Crippen LogP contribution in [0.5, 0.6) is 0 Å². The summed E-state index contributed by atoms with van der Waals surface area (Å²) in [4.78, 5) is 10.00. The van der Waals surface area contributed by atoms with E-state index in [0.717, 1.165) is 12.8 Å². The van der Waals surface area contributed by atoms with Crippen molar-refractivity contribution in [2.75, 3.05) is 17.7 Å². The van der Waals surface area contributed by atoms with Crippen molar-refractivity contribution in [2.24, 2.45) is 0 Å². The van der Waals surface area contributed by atoms with Crippen LogP contribution in [0.3, 0.4) is 0 Å². The topological polar surface area (TPSA) is 55.0 Å². The number of nitrogens with two attached hydrogens (primary N) is 1. The number of aromatic nitrogens is 2. The summed E-state index contributed by atoms with van der Waals surface area (Å²) < 4.78 is 0. The van der Waals surface area contributed by atoms with Crippen molar-refractivity contribution in [3.8, 4) is 0 Å². The Bertz CT molecular complexity index is 329. The number of nitrogen functional groups attached to an aromatic ring is 1. The summed E-state index contributed by atoms with van der Waals surface area (Å²) in [6, 6.07) is 0.392. The first-order valence-electron chi connectivity index (χ1n) is 5.07. The first-order valence-corrected chi connectivity index (χ1v) is 5.45. The van der Waals surface area contributed by atoms with Crippen molar-refractivity contribution in [3.63, 3.8) is 0 Å². The largest absolute Gasteiger partial charge is 0.394 e. The smallest absolute Gasteiger partial charge is 0.224 e. The fourth-order valence-corrected chi connectivity index (χ4v) is 1.59. The highest BCUT2D eigenvalue weighted by atomic mass is 35.5. The zero-order valence-corrected chi connectivity index (χ0v) is 10.1. The summed E-state index contributed by atoms with van der Waals surface area (Å²) in [5, 5.41) is 0.231. The van der Waals surface area contributed by atoms with Crippen LogP contribution in [-0.4, -0.2) is 23.1 Å². The number of rotatable bonds is 4. The molecule has 1 rings (SSSR count). The summed E-state index contributed by atoms with van der Waals surface area (Å²) in [7, 11) is 1.97. The van der Waals surface area contributed by atoms with Crippen LogP contribution in [0.15, 0.2) is 6.20 Å². The highest BCUT2D eigenvalue weighted by molar-refractivity contribution is 6.28. The molecule has 0 aromatic carbocycles. The first kappa shape index (κ1) is 12.0. The van der Waals surface area contributed by atoms with Gasteiger partial charge in [-0.05, 0) is 24.9 Å². The van der Waals surface area contributed by atoms with E-state index < -0.39 is 0 Å². The van der Waals surface area contributed by atoms with E-state index in [-0.39, 0.29) is 5.28 Å². The number of hydrogen-bond donors (Lipinski definition) is 1. The van der Waals surface area contributed by atoms with Crippen molar-refractivity contribution < 1.29 is 0 Å². The molecule has 1 unspecified atom stereocenters. The van der Waals surface area contributed by atoms with Gasteiger partial charge in [0.15, 0.2) is 5.82 Å². The molecule has 0 aliphatic rings. The Morgan fingerprint density at radius 3 is 2.87 bits per heavy atom. The molecule has 0 aliphatic heterocycles. The van der Waals surface area contributed by atoms with Crippen LogP contribution in [0, 0.1) is 0 Å². The summed E-state index contributed by atoms with van der Waals surface area (Å²) in [6.07, 6.45) is 3.77. The molecule has 1 atom stereocenters. The fraction of sp³-hybridized carbons (Fsp3) is 0.600. The van der Waals surface area contributed by atoms with Gasteiger partial charge in [0.25, 0.3) is 0 Å². The third kappa shape index (κ3) is 2.96. The van der Waals surface area contributed by atoms with Crippen LogP contribution in [0.4, 0.5) is 11.5 Å². The van der Waals surface area contributed by atoms with Crippen molar-refractivity contribution in [1.82, 2.24) is 9.97 Å². The van der Waals surface area contributed by atoms with E-state index in [9.17, 15) is 0 Å². The Balaban J connectivity index is 2.89. The molecule has 84 valence electrons. The van der Waals surface area contributed by atoms with E-state index in [4.69, 9.17) is 17.3 Å².